The molecule has 4 rings (SSSR count). The van der Waals surface area contributed by atoms with E-state index in [4.69, 9.17) is 4.74 Å². The van der Waals surface area contributed by atoms with Gasteiger partial charge in [0.05, 0.1) is 13.2 Å². The highest BCUT2D eigenvalue weighted by molar-refractivity contribution is 5.42. The molecule has 2 aliphatic rings. The lowest BCUT2D eigenvalue weighted by Crippen LogP contribution is -2.36. The van der Waals surface area contributed by atoms with E-state index in [1.54, 1.807) is 7.11 Å². The van der Waals surface area contributed by atoms with Gasteiger partial charge in [-0.15, -0.1) is 0 Å². The first-order valence-electron chi connectivity index (χ1n) is 10.4. The molecular weight excluding hydrogens is 334 g/mol. The van der Waals surface area contributed by atoms with E-state index < -0.39 is 0 Å². The van der Waals surface area contributed by atoms with E-state index in [0.29, 0.717) is 11.8 Å². The first-order chi connectivity index (χ1) is 13.2. The summed E-state index contributed by atoms with van der Waals surface area (Å²) in [5, 5.41) is 10.8. The van der Waals surface area contributed by atoms with E-state index in [1.165, 1.54) is 37.1 Å². The fourth-order valence-corrected chi connectivity index (χ4v) is 4.97. The molecule has 3 nitrogen and oxygen atoms in total. The molecule has 0 saturated carbocycles. The number of benzene rings is 2. The second kappa shape index (κ2) is 8.45. The molecule has 1 fully saturated rings. The normalized spacial score (nSPS) is 24.2. The Morgan fingerprint density at radius 3 is 2.52 bits per heavy atom. The quantitative estimate of drug-likeness (QED) is 0.806. The van der Waals surface area contributed by atoms with Gasteiger partial charge in [-0.1, -0.05) is 42.5 Å². The number of hydrogen-bond donors (Lipinski definition) is 1. The van der Waals surface area contributed by atoms with Crippen molar-refractivity contribution < 1.29 is 9.84 Å². The lowest BCUT2D eigenvalue weighted by Gasteiger charge is -2.34. The van der Waals surface area contributed by atoms with Crippen LogP contribution in [0.5, 0.6) is 5.75 Å². The predicted molar refractivity (Wildman–Crippen MR) is 109 cm³/mol. The molecule has 2 aromatic carbocycles. The van der Waals surface area contributed by atoms with E-state index in [0.717, 1.165) is 37.1 Å². The maximum Gasteiger partial charge on any atom is 0.122 e. The summed E-state index contributed by atoms with van der Waals surface area (Å²) in [5.41, 5.74) is 3.77. The molecule has 27 heavy (non-hydrogen) atoms. The fourth-order valence-electron chi connectivity index (χ4n) is 4.97. The highest BCUT2D eigenvalue weighted by Gasteiger charge is 2.28. The van der Waals surface area contributed by atoms with Crippen LogP contribution in [-0.4, -0.2) is 36.8 Å². The van der Waals surface area contributed by atoms with Crippen LogP contribution in [0, 0.1) is 5.92 Å². The summed E-state index contributed by atoms with van der Waals surface area (Å²) in [7, 11) is 1.72. The monoisotopic (exact) mass is 365 g/mol. The zero-order valence-electron chi connectivity index (χ0n) is 16.3. The maximum absolute atomic E-state index is 10.8. The van der Waals surface area contributed by atoms with Crippen molar-refractivity contribution in [2.75, 3.05) is 26.7 Å². The Morgan fingerprint density at radius 2 is 1.78 bits per heavy atom. The molecule has 2 aromatic rings. The zero-order chi connectivity index (χ0) is 18.6. The summed E-state index contributed by atoms with van der Waals surface area (Å²) in [6, 6.07) is 17.0. The highest BCUT2D eigenvalue weighted by Crippen LogP contribution is 2.37. The van der Waals surface area contributed by atoms with Gasteiger partial charge in [-0.3, -0.25) is 0 Å². The Bertz CT molecular complexity index is 737. The van der Waals surface area contributed by atoms with Gasteiger partial charge in [0.15, 0.2) is 0 Å². The van der Waals surface area contributed by atoms with Gasteiger partial charge in [-0.05, 0) is 79.8 Å². The second-order valence-electron chi connectivity index (χ2n) is 8.17. The molecule has 0 radical (unpaired) electrons. The Kier molecular flexibility index (Phi) is 5.80. The molecule has 0 bridgehead atoms. The van der Waals surface area contributed by atoms with E-state index in [1.807, 2.05) is 12.1 Å². The van der Waals surface area contributed by atoms with E-state index in [2.05, 4.69) is 41.3 Å². The summed E-state index contributed by atoms with van der Waals surface area (Å²) < 4.78 is 5.53. The summed E-state index contributed by atoms with van der Waals surface area (Å²) in [4.78, 5) is 2.62. The van der Waals surface area contributed by atoms with E-state index >= 15 is 0 Å². The van der Waals surface area contributed by atoms with Crippen molar-refractivity contribution in [3.05, 3.63) is 65.2 Å². The van der Waals surface area contributed by atoms with Crippen molar-refractivity contribution in [2.24, 2.45) is 5.92 Å². The largest absolute Gasteiger partial charge is 0.496 e. The molecule has 1 aliphatic carbocycles. The number of hydrogen-bond acceptors (Lipinski definition) is 3. The smallest absolute Gasteiger partial charge is 0.122 e. The van der Waals surface area contributed by atoms with Crippen molar-refractivity contribution in [2.45, 2.75) is 44.1 Å². The number of ether oxygens (including phenoxy) is 1. The van der Waals surface area contributed by atoms with Gasteiger partial charge in [0.2, 0.25) is 0 Å². The number of piperidine rings is 1. The van der Waals surface area contributed by atoms with Crippen LogP contribution in [0.3, 0.4) is 0 Å². The van der Waals surface area contributed by atoms with Crippen LogP contribution >= 0.6 is 0 Å². The summed E-state index contributed by atoms with van der Waals surface area (Å²) in [6.07, 6.45) is 5.11. The van der Waals surface area contributed by atoms with Crippen LogP contribution < -0.4 is 4.74 Å². The minimum Gasteiger partial charge on any atom is -0.496 e. The number of aliphatic hydroxyl groups is 1. The molecule has 2 atom stereocenters. The summed E-state index contributed by atoms with van der Waals surface area (Å²) >= 11 is 0. The number of nitrogens with zero attached hydrogens (tertiary/aromatic N) is 1. The van der Waals surface area contributed by atoms with Gasteiger partial charge in [0, 0.05) is 6.54 Å². The molecule has 3 heteroatoms. The van der Waals surface area contributed by atoms with Crippen LogP contribution in [0.15, 0.2) is 48.5 Å². The average molecular weight is 366 g/mol. The van der Waals surface area contributed by atoms with Crippen molar-refractivity contribution in [1.29, 1.82) is 0 Å². The minimum absolute atomic E-state index is 0.371. The predicted octanol–water partition coefficient (Wildman–Crippen LogP) is 4.56. The number of rotatable bonds is 4. The first-order valence-corrected chi connectivity index (χ1v) is 10.4. The van der Waals surface area contributed by atoms with Crippen LogP contribution in [0.1, 0.15) is 54.4 Å². The average Bonchev–Trinajstić information content (AvgIpc) is 2.88. The van der Waals surface area contributed by atoms with Gasteiger partial charge >= 0.3 is 0 Å². The van der Waals surface area contributed by atoms with E-state index in [9.17, 15) is 5.11 Å². The molecule has 1 aliphatic heterocycles. The van der Waals surface area contributed by atoms with Crippen molar-refractivity contribution in [3.8, 4) is 5.75 Å². The third-order valence-corrected chi connectivity index (χ3v) is 6.48. The Balaban J connectivity index is 1.35. The van der Waals surface area contributed by atoms with Gasteiger partial charge in [0.1, 0.15) is 5.75 Å². The fraction of sp³-hybridized carbons (Fsp3) is 0.500. The van der Waals surface area contributed by atoms with Crippen LogP contribution in [-0.2, 0) is 6.42 Å². The first kappa shape index (κ1) is 18.5. The molecular formula is C24H31NO2. The molecule has 1 heterocycles. The number of aliphatic hydroxyl groups excluding tert-OH is 1. The number of methoxy groups -OCH3 is 1. The topological polar surface area (TPSA) is 32.7 Å². The third-order valence-electron chi connectivity index (χ3n) is 6.48. The molecule has 0 aromatic heterocycles. The van der Waals surface area contributed by atoms with Gasteiger partial charge in [0.25, 0.3) is 0 Å². The van der Waals surface area contributed by atoms with Gasteiger partial charge in [-0.25, -0.2) is 0 Å². The third kappa shape index (κ3) is 4.20. The van der Waals surface area contributed by atoms with E-state index in [-0.39, 0.29) is 6.10 Å². The van der Waals surface area contributed by atoms with Crippen LogP contribution in [0.25, 0.3) is 0 Å². The maximum atomic E-state index is 10.8. The lowest BCUT2D eigenvalue weighted by molar-refractivity contribution is 0.117. The number of fused-ring (bicyclic) bond motifs is 1. The lowest BCUT2D eigenvalue weighted by atomic mass is 9.88. The van der Waals surface area contributed by atoms with Crippen LogP contribution in [0.2, 0.25) is 0 Å². The highest BCUT2D eigenvalue weighted by atomic mass is 16.5. The Morgan fingerprint density at radius 1 is 1.00 bits per heavy atom. The molecule has 1 saturated heterocycles. The molecule has 144 valence electrons. The SMILES string of the molecule is COc1cccc2c1CC[C@H](CN1CCC(c3ccccc3)CC1)C[C@@H]2O. The Hall–Kier alpha value is -1.84. The molecule has 0 spiro atoms. The number of likely N-dealkylation sites (tertiary alicyclic amines) is 1. The zero-order valence-corrected chi connectivity index (χ0v) is 16.3. The molecule has 0 amide bonds. The van der Waals surface area contributed by atoms with Gasteiger partial charge < -0.3 is 14.7 Å². The minimum atomic E-state index is -0.371. The van der Waals surface area contributed by atoms with Crippen molar-refractivity contribution >= 4 is 0 Å². The van der Waals surface area contributed by atoms with Gasteiger partial charge in [-0.2, -0.15) is 0 Å². The van der Waals surface area contributed by atoms with Crippen molar-refractivity contribution in [1.82, 2.24) is 4.90 Å². The molecule has 1 N–H and O–H groups in total. The summed E-state index contributed by atoms with van der Waals surface area (Å²) in [5.74, 6) is 2.18. The molecule has 0 unspecified atom stereocenters. The second-order valence-corrected chi connectivity index (χ2v) is 8.17. The van der Waals surface area contributed by atoms with Crippen molar-refractivity contribution in [3.63, 3.8) is 0 Å². The van der Waals surface area contributed by atoms with Crippen LogP contribution in [0.4, 0.5) is 0 Å². The summed E-state index contributed by atoms with van der Waals surface area (Å²) in [6.45, 7) is 3.44. The standard InChI is InChI=1S/C24H31NO2/c1-27-24-9-5-8-21-22(24)11-10-18(16-23(21)26)17-25-14-12-20(13-15-25)19-6-3-2-4-7-19/h2-9,18,20,23,26H,10-17H2,1H3/t18-,23-/m0/s1. The Labute approximate surface area is 163 Å².